The number of amides is 1. The summed E-state index contributed by atoms with van der Waals surface area (Å²) in [4.78, 5) is 17.2. The van der Waals surface area contributed by atoms with Crippen molar-refractivity contribution in [1.82, 2.24) is 15.0 Å². The molecule has 0 saturated heterocycles. The van der Waals surface area contributed by atoms with E-state index in [1.165, 1.54) is 12.0 Å². The molecule has 7 nitrogen and oxygen atoms in total. The Kier molecular flexibility index (Phi) is 5.73. The summed E-state index contributed by atoms with van der Waals surface area (Å²) in [5.41, 5.74) is 0. The normalized spacial score (nSPS) is 12.4. The molecule has 1 unspecified atom stereocenters. The number of aliphatic hydroxyl groups is 1. The van der Waals surface area contributed by atoms with Gasteiger partial charge in [0.15, 0.2) is 5.82 Å². The summed E-state index contributed by atoms with van der Waals surface area (Å²) in [6.45, 7) is 2.18. The molecule has 1 atom stereocenters. The zero-order valence-electron chi connectivity index (χ0n) is 10.9. The molecule has 0 aliphatic heterocycles. The highest BCUT2D eigenvalue weighted by Crippen LogP contribution is 2.02. The van der Waals surface area contributed by atoms with Crippen molar-refractivity contribution >= 4 is 5.91 Å². The molecule has 1 heterocycles. The van der Waals surface area contributed by atoms with E-state index in [1.54, 1.807) is 14.0 Å². The van der Waals surface area contributed by atoms with Crippen molar-refractivity contribution in [2.24, 2.45) is 0 Å². The monoisotopic (exact) mass is 257 g/mol. The first kappa shape index (κ1) is 14.6. The Bertz CT molecular complexity index is 380. The molecule has 0 fully saturated rings. The number of hydrogen-bond donors (Lipinski definition) is 1. The Balaban J connectivity index is 2.31. The lowest BCUT2D eigenvalue weighted by Crippen LogP contribution is -2.36. The Labute approximate surface area is 106 Å². The molecule has 0 radical (unpaired) electrons. The van der Waals surface area contributed by atoms with Crippen molar-refractivity contribution in [3.8, 4) is 0 Å². The number of rotatable bonds is 7. The van der Waals surface area contributed by atoms with Gasteiger partial charge in [-0.2, -0.15) is 4.98 Å². The molecule has 0 aliphatic carbocycles. The molecule has 1 N–H and O–H groups in total. The van der Waals surface area contributed by atoms with Crippen LogP contribution in [0.2, 0.25) is 0 Å². The van der Waals surface area contributed by atoms with Gasteiger partial charge >= 0.3 is 0 Å². The van der Waals surface area contributed by atoms with Crippen LogP contribution < -0.4 is 0 Å². The van der Waals surface area contributed by atoms with Crippen LogP contribution in [0, 0.1) is 6.92 Å². The summed E-state index contributed by atoms with van der Waals surface area (Å²) in [5.74, 6) is 0.925. The van der Waals surface area contributed by atoms with Crippen molar-refractivity contribution in [3.63, 3.8) is 0 Å². The van der Waals surface area contributed by atoms with Crippen LogP contribution in [-0.4, -0.2) is 59.5 Å². The van der Waals surface area contributed by atoms with E-state index in [1.807, 2.05) is 0 Å². The lowest BCUT2D eigenvalue weighted by Gasteiger charge is -2.20. The molecule has 1 rings (SSSR count). The molecule has 0 bridgehead atoms. The number of likely N-dealkylation sites (N-methyl/N-ethyl adjacent to an activating group) is 1. The topological polar surface area (TPSA) is 88.7 Å². The number of aryl methyl sites for hydroxylation is 2. The number of carbonyl (C=O) groups excluding carboxylic acids is 1. The van der Waals surface area contributed by atoms with Gasteiger partial charge in [0.2, 0.25) is 11.8 Å². The number of nitrogens with zero attached hydrogens (tertiary/aromatic N) is 3. The molecule has 1 aromatic heterocycles. The van der Waals surface area contributed by atoms with Gasteiger partial charge in [0.1, 0.15) is 0 Å². The number of ether oxygens (including phenoxy) is 1. The second-order valence-corrected chi connectivity index (χ2v) is 4.12. The maximum absolute atomic E-state index is 11.7. The van der Waals surface area contributed by atoms with E-state index in [4.69, 9.17) is 9.26 Å². The maximum atomic E-state index is 11.7. The predicted octanol–water partition coefficient (Wildman–Crippen LogP) is -0.224. The SMILES string of the molecule is COCC(O)CN(C)C(=O)CCc1nc(C)no1. The quantitative estimate of drug-likeness (QED) is 0.726. The summed E-state index contributed by atoms with van der Waals surface area (Å²) < 4.78 is 9.71. The average Bonchev–Trinajstić information content (AvgIpc) is 2.72. The van der Waals surface area contributed by atoms with Gasteiger partial charge in [-0.15, -0.1) is 0 Å². The summed E-state index contributed by atoms with van der Waals surface area (Å²) in [6, 6.07) is 0. The fourth-order valence-corrected chi connectivity index (χ4v) is 1.51. The highest BCUT2D eigenvalue weighted by molar-refractivity contribution is 5.76. The first-order chi connectivity index (χ1) is 8.52. The van der Waals surface area contributed by atoms with E-state index in [0.29, 0.717) is 18.1 Å². The van der Waals surface area contributed by atoms with E-state index in [0.717, 1.165) is 0 Å². The summed E-state index contributed by atoms with van der Waals surface area (Å²) in [5, 5.41) is 13.1. The van der Waals surface area contributed by atoms with Gasteiger partial charge in [-0.05, 0) is 6.92 Å². The number of aliphatic hydroxyl groups excluding tert-OH is 1. The van der Waals surface area contributed by atoms with Crippen molar-refractivity contribution in [2.45, 2.75) is 25.9 Å². The molecular weight excluding hydrogens is 238 g/mol. The minimum absolute atomic E-state index is 0.0824. The Hall–Kier alpha value is -1.47. The van der Waals surface area contributed by atoms with E-state index >= 15 is 0 Å². The zero-order chi connectivity index (χ0) is 13.5. The Morgan fingerprint density at radius 3 is 2.89 bits per heavy atom. The van der Waals surface area contributed by atoms with Crippen LogP contribution >= 0.6 is 0 Å². The second-order valence-electron chi connectivity index (χ2n) is 4.12. The lowest BCUT2D eigenvalue weighted by molar-refractivity contribution is -0.131. The van der Waals surface area contributed by atoms with Gasteiger partial charge in [-0.1, -0.05) is 5.16 Å². The number of carbonyl (C=O) groups is 1. The lowest BCUT2D eigenvalue weighted by atomic mass is 10.2. The summed E-state index contributed by atoms with van der Waals surface area (Å²) in [6.07, 6.45) is 0.0111. The summed E-state index contributed by atoms with van der Waals surface area (Å²) in [7, 11) is 3.14. The molecule has 0 saturated carbocycles. The van der Waals surface area contributed by atoms with Gasteiger partial charge < -0.3 is 19.3 Å². The third-order valence-electron chi connectivity index (χ3n) is 2.39. The molecule has 0 spiro atoms. The molecule has 7 heteroatoms. The molecule has 1 amide bonds. The number of hydrogen-bond acceptors (Lipinski definition) is 6. The largest absolute Gasteiger partial charge is 0.389 e. The Morgan fingerprint density at radius 2 is 2.33 bits per heavy atom. The number of aromatic nitrogens is 2. The fourth-order valence-electron chi connectivity index (χ4n) is 1.51. The third-order valence-corrected chi connectivity index (χ3v) is 2.39. The average molecular weight is 257 g/mol. The van der Waals surface area contributed by atoms with Crippen LogP contribution in [0.3, 0.4) is 0 Å². The van der Waals surface area contributed by atoms with E-state index in [-0.39, 0.29) is 25.5 Å². The van der Waals surface area contributed by atoms with E-state index < -0.39 is 6.10 Å². The van der Waals surface area contributed by atoms with Crippen molar-refractivity contribution in [1.29, 1.82) is 0 Å². The van der Waals surface area contributed by atoms with Gasteiger partial charge in [0.25, 0.3) is 0 Å². The van der Waals surface area contributed by atoms with Crippen molar-refractivity contribution in [2.75, 3.05) is 27.3 Å². The third kappa shape index (κ3) is 4.80. The maximum Gasteiger partial charge on any atom is 0.227 e. The first-order valence-corrected chi connectivity index (χ1v) is 5.73. The highest BCUT2D eigenvalue weighted by atomic mass is 16.5. The van der Waals surface area contributed by atoms with Crippen LogP contribution in [-0.2, 0) is 16.0 Å². The number of methoxy groups -OCH3 is 1. The van der Waals surface area contributed by atoms with Crippen LogP contribution in [0.15, 0.2) is 4.52 Å². The van der Waals surface area contributed by atoms with Gasteiger partial charge in [-0.25, -0.2) is 0 Å². The molecule has 1 aromatic rings. The van der Waals surface area contributed by atoms with Gasteiger partial charge in [-0.3, -0.25) is 4.79 Å². The van der Waals surface area contributed by atoms with Crippen LogP contribution in [0.4, 0.5) is 0 Å². The fraction of sp³-hybridized carbons (Fsp3) is 0.727. The van der Waals surface area contributed by atoms with Gasteiger partial charge in [0.05, 0.1) is 12.7 Å². The molecule has 102 valence electrons. The van der Waals surface area contributed by atoms with Crippen LogP contribution in [0.25, 0.3) is 0 Å². The van der Waals surface area contributed by atoms with Gasteiger partial charge in [0, 0.05) is 33.5 Å². The predicted molar refractivity (Wildman–Crippen MR) is 62.9 cm³/mol. The van der Waals surface area contributed by atoms with Crippen molar-refractivity contribution < 1.29 is 19.2 Å². The summed E-state index contributed by atoms with van der Waals surface area (Å²) >= 11 is 0. The Morgan fingerprint density at radius 1 is 1.61 bits per heavy atom. The molecule has 18 heavy (non-hydrogen) atoms. The zero-order valence-corrected chi connectivity index (χ0v) is 10.9. The molecular formula is C11H19N3O4. The van der Waals surface area contributed by atoms with E-state index in [9.17, 15) is 9.90 Å². The van der Waals surface area contributed by atoms with Crippen LogP contribution in [0.5, 0.6) is 0 Å². The van der Waals surface area contributed by atoms with E-state index in [2.05, 4.69) is 10.1 Å². The first-order valence-electron chi connectivity index (χ1n) is 5.73. The van der Waals surface area contributed by atoms with Crippen LogP contribution in [0.1, 0.15) is 18.1 Å². The van der Waals surface area contributed by atoms with Crippen molar-refractivity contribution in [3.05, 3.63) is 11.7 Å². The second kappa shape index (κ2) is 7.07. The minimum Gasteiger partial charge on any atom is -0.389 e. The highest BCUT2D eigenvalue weighted by Gasteiger charge is 2.14. The standard InChI is InChI=1S/C11H19N3O4/c1-8-12-10(18-13-8)4-5-11(16)14(2)6-9(15)7-17-3/h9,15H,4-7H2,1-3H3. The molecule has 0 aromatic carbocycles. The minimum atomic E-state index is -0.672. The molecule has 0 aliphatic rings. The smallest absolute Gasteiger partial charge is 0.227 e.